The van der Waals surface area contributed by atoms with Gasteiger partial charge in [0.1, 0.15) is 17.5 Å². The molecular weight excluding hydrogens is 446 g/mol. The van der Waals surface area contributed by atoms with Gasteiger partial charge in [-0.1, -0.05) is 0 Å². The van der Waals surface area contributed by atoms with Crippen LogP contribution in [0.15, 0.2) is 53.4 Å². The molecule has 4 rings (SSSR count). The minimum Gasteiger partial charge on any atom is -0.497 e. The number of aliphatic hydroxyl groups excluding tert-OH is 1. The van der Waals surface area contributed by atoms with Crippen LogP contribution in [0.4, 0.5) is 5.69 Å². The second-order valence-corrected chi connectivity index (χ2v) is 10.1. The Balaban J connectivity index is 1.45. The summed E-state index contributed by atoms with van der Waals surface area (Å²) in [4.78, 5) is 17.3. The molecule has 2 saturated heterocycles. The van der Waals surface area contributed by atoms with Gasteiger partial charge in [-0.15, -0.1) is 0 Å². The molecule has 2 aromatic carbocycles. The van der Waals surface area contributed by atoms with Crippen LogP contribution in [0.2, 0.25) is 0 Å². The number of rotatable bonds is 6. The van der Waals surface area contributed by atoms with E-state index in [1.54, 1.807) is 24.1 Å². The van der Waals surface area contributed by atoms with Gasteiger partial charge in [0.05, 0.1) is 25.2 Å². The highest BCUT2D eigenvalue weighted by molar-refractivity contribution is 7.89. The second-order valence-electron chi connectivity index (χ2n) is 8.17. The first-order valence-corrected chi connectivity index (χ1v) is 12.3. The van der Waals surface area contributed by atoms with Crippen molar-refractivity contribution in [3.8, 4) is 11.5 Å². The van der Waals surface area contributed by atoms with Gasteiger partial charge in [-0.2, -0.15) is 4.31 Å². The molecule has 0 unspecified atom stereocenters. The Morgan fingerprint density at radius 1 is 0.909 bits per heavy atom. The van der Waals surface area contributed by atoms with Crippen molar-refractivity contribution in [2.24, 2.45) is 0 Å². The van der Waals surface area contributed by atoms with Crippen LogP contribution in [-0.2, 0) is 14.8 Å². The van der Waals surface area contributed by atoms with Crippen molar-refractivity contribution < 1.29 is 27.8 Å². The zero-order valence-electron chi connectivity index (χ0n) is 18.8. The number of carbonyl (C=O) groups excluding carboxylic acids is 1. The van der Waals surface area contributed by atoms with E-state index in [1.807, 2.05) is 24.3 Å². The first kappa shape index (κ1) is 23.3. The van der Waals surface area contributed by atoms with Crippen LogP contribution in [0.1, 0.15) is 6.42 Å². The van der Waals surface area contributed by atoms with E-state index in [0.717, 1.165) is 15.7 Å². The molecular formula is C23H29N3O6S. The summed E-state index contributed by atoms with van der Waals surface area (Å²) >= 11 is 0. The van der Waals surface area contributed by atoms with E-state index in [2.05, 4.69) is 4.90 Å². The fourth-order valence-corrected chi connectivity index (χ4v) is 5.98. The molecule has 10 heteroatoms. The Bertz CT molecular complexity index is 1070. The average molecular weight is 476 g/mol. The van der Waals surface area contributed by atoms with Gasteiger partial charge < -0.3 is 24.4 Å². The summed E-state index contributed by atoms with van der Waals surface area (Å²) in [7, 11) is -0.816. The zero-order chi connectivity index (χ0) is 23.6. The van der Waals surface area contributed by atoms with Gasteiger partial charge in [0.2, 0.25) is 15.9 Å². The Hall–Kier alpha value is -2.82. The van der Waals surface area contributed by atoms with Crippen LogP contribution >= 0.6 is 0 Å². The second kappa shape index (κ2) is 9.58. The predicted molar refractivity (Wildman–Crippen MR) is 123 cm³/mol. The molecule has 1 amide bonds. The lowest BCUT2D eigenvalue weighted by Crippen LogP contribution is -2.54. The average Bonchev–Trinajstić information content (AvgIpc) is 3.26. The lowest BCUT2D eigenvalue weighted by atomic mass is 10.1. The number of hydrogen-bond acceptors (Lipinski definition) is 7. The maximum Gasteiger partial charge on any atom is 0.243 e. The molecule has 2 heterocycles. The normalized spacial score (nSPS) is 21.8. The molecule has 9 nitrogen and oxygen atoms in total. The molecule has 0 bridgehead atoms. The molecule has 2 fully saturated rings. The third kappa shape index (κ3) is 4.78. The SMILES string of the molecule is COc1ccc(N2CCN(C(=O)[C@@H]3C[C@H](O)CN3S(=O)(=O)c3ccc(OC)cc3)CC2)cc1. The van der Waals surface area contributed by atoms with Gasteiger partial charge in [0, 0.05) is 44.8 Å². The van der Waals surface area contributed by atoms with Gasteiger partial charge in [-0.05, 0) is 48.5 Å². The molecule has 2 aromatic rings. The third-order valence-electron chi connectivity index (χ3n) is 6.21. The summed E-state index contributed by atoms with van der Waals surface area (Å²) in [6, 6.07) is 12.9. The van der Waals surface area contributed by atoms with Crippen LogP contribution in [0, 0.1) is 0 Å². The van der Waals surface area contributed by atoms with E-state index in [4.69, 9.17) is 9.47 Å². The number of anilines is 1. The monoisotopic (exact) mass is 475 g/mol. The summed E-state index contributed by atoms with van der Waals surface area (Å²) in [5.74, 6) is 1.06. The van der Waals surface area contributed by atoms with E-state index < -0.39 is 22.2 Å². The molecule has 0 aliphatic carbocycles. The Labute approximate surface area is 194 Å². The maximum atomic E-state index is 13.3. The number of methoxy groups -OCH3 is 2. The van der Waals surface area contributed by atoms with Gasteiger partial charge in [-0.3, -0.25) is 4.79 Å². The number of ether oxygens (including phenoxy) is 2. The summed E-state index contributed by atoms with van der Waals surface area (Å²) in [6.07, 6.45) is -0.792. The molecule has 0 saturated carbocycles. The van der Waals surface area contributed by atoms with E-state index >= 15 is 0 Å². The highest BCUT2D eigenvalue weighted by Crippen LogP contribution is 2.29. The van der Waals surface area contributed by atoms with Crippen LogP contribution in [0.5, 0.6) is 11.5 Å². The number of amides is 1. The highest BCUT2D eigenvalue weighted by atomic mass is 32.2. The Morgan fingerprint density at radius 3 is 2.00 bits per heavy atom. The minimum atomic E-state index is -3.94. The fraction of sp³-hybridized carbons (Fsp3) is 0.435. The zero-order valence-corrected chi connectivity index (χ0v) is 19.6. The number of aliphatic hydroxyl groups is 1. The number of carbonyl (C=O) groups is 1. The van der Waals surface area contributed by atoms with E-state index in [9.17, 15) is 18.3 Å². The standard InChI is InChI=1S/C23H29N3O6S/c1-31-19-5-3-17(4-6-19)24-11-13-25(14-12-24)23(28)22-15-18(27)16-26(22)33(29,30)21-9-7-20(32-2)8-10-21/h3-10,18,22,27H,11-16H2,1-2H3/t18-,22-/m0/s1. The number of β-amino-alcohol motifs (C(OH)–C–C–N with tert-alkyl or cyclic N) is 1. The molecule has 0 aromatic heterocycles. The molecule has 1 N–H and O–H groups in total. The van der Waals surface area contributed by atoms with Gasteiger partial charge >= 0.3 is 0 Å². The van der Waals surface area contributed by atoms with E-state index in [1.165, 1.54) is 19.2 Å². The largest absolute Gasteiger partial charge is 0.497 e. The smallest absolute Gasteiger partial charge is 0.243 e. The summed E-state index contributed by atoms with van der Waals surface area (Å²) in [5, 5.41) is 10.2. The first-order chi connectivity index (χ1) is 15.8. The number of benzene rings is 2. The fourth-order valence-electron chi connectivity index (χ4n) is 4.35. The van der Waals surface area contributed by atoms with Crippen molar-refractivity contribution in [3.05, 3.63) is 48.5 Å². The van der Waals surface area contributed by atoms with Crippen molar-refractivity contribution in [2.45, 2.75) is 23.5 Å². The molecule has 2 aliphatic rings. The van der Waals surface area contributed by atoms with E-state index in [0.29, 0.717) is 31.9 Å². The lowest BCUT2D eigenvalue weighted by molar-refractivity contribution is -0.135. The maximum absolute atomic E-state index is 13.3. The number of sulfonamides is 1. The number of hydrogen-bond donors (Lipinski definition) is 1. The molecule has 0 spiro atoms. The molecule has 2 atom stereocenters. The Kier molecular flexibility index (Phi) is 6.78. The topological polar surface area (TPSA) is 99.6 Å². The van der Waals surface area contributed by atoms with Gasteiger partial charge in [0.15, 0.2) is 0 Å². The van der Waals surface area contributed by atoms with E-state index in [-0.39, 0.29) is 23.8 Å². The lowest BCUT2D eigenvalue weighted by Gasteiger charge is -2.38. The van der Waals surface area contributed by atoms with Crippen LogP contribution < -0.4 is 14.4 Å². The molecule has 178 valence electrons. The predicted octanol–water partition coefficient (Wildman–Crippen LogP) is 1.18. The van der Waals surface area contributed by atoms with Gasteiger partial charge in [0.25, 0.3) is 0 Å². The quantitative estimate of drug-likeness (QED) is 0.670. The molecule has 33 heavy (non-hydrogen) atoms. The summed E-state index contributed by atoms with van der Waals surface area (Å²) in [5.41, 5.74) is 1.04. The van der Waals surface area contributed by atoms with Crippen LogP contribution in [0.25, 0.3) is 0 Å². The Morgan fingerprint density at radius 2 is 1.45 bits per heavy atom. The summed E-state index contributed by atoms with van der Waals surface area (Å²) < 4.78 is 37.9. The summed E-state index contributed by atoms with van der Waals surface area (Å²) in [6.45, 7) is 2.13. The minimum absolute atomic E-state index is 0.0690. The highest BCUT2D eigenvalue weighted by Gasteiger charge is 2.45. The van der Waals surface area contributed by atoms with Gasteiger partial charge in [-0.25, -0.2) is 8.42 Å². The molecule has 0 radical (unpaired) electrons. The van der Waals surface area contributed by atoms with Crippen molar-refractivity contribution in [3.63, 3.8) is 0 Å². The van der Waals surface area contributed by atoms with Crippen molar-refractivity contribution in [1.29, 1.82) is 0 Å². The number of piperazine rings is 1. The third-order valence-corrected chi connectivity index (χ3v) is 8.10. The number of nitrogens with zero attached hydrogens (tertiary/aromatic N) is 3. The van der Waals surface area contributed by atoms with Crippen molar-refractivity contribution in [2.75, 3.05) is 51.8 Å². The van der Waals surface area contributed by atoms with Crippen molar-refractivity contribution in [1.82, 2.24) is 9.21 Å². The first-order valence-electron chi connectivity index (χ1n) is 10.8. The molecule has 2 aliphatic heterocycles. The van der Waals surface area contributed by atoms with Crippen LogP contribution in [0.3, 0.4) is 0 Å². The van der Waals surface area contributed by atoms with Crippen LogP contribution in [-0.4, -0.2) is 87.7 Å². The van der Waals surface area contributed by atoms with Crippen molar-refractivity contribution >= 4 is 21.6 Å².